The lowest BCUT2D eigenvalue weighted by Crippen LogP contribution is -2.16. The molecule has 0 saturated heterocycles. The largest absolute Gasteiger partial charge is 0.444 e. The minimum absolute atomic E-state index is 0.470. The van der Waals surface area contributed by atoms with E-state index in [1.54, 1.807) is 11.3 Å². The van der Waals surface area contributed by atoms with Gasteiger partial charge in [0.1, 0.15) is 5.58 Å². The number of thiophene rings is 1. The molecule has 3 rings (SSSR count). The predicted octanol–water partition coefficient (Wildman–Crippen LogP) is 5.13. The third-order valence-corrected chi connectivity index (χ3v) is 4.72. The van der Waals surface area contributed by atoms with Crippen molar-refractivity contribution in [3.8, 4) is 0 Å². The molecule has 2 heterocycles. The van der Waals surface area contributed by atoms with Gasteiger partial charge in [-0.3, -0.25) is 0 Å². The van der Waals surface area contributed by atoms with Gasteiger partial charge in [0.2, 0.25) is 0 Å². The van der Waals surface area contributed by atoms with Crippen molar-refractivity contribution < 1.29 is 4.42 Å². The second kappa shape index (κ2) is 6.19. The first kappa shape index (κ1) is 14.0. The summed E-state index contributed by atoms with van der Waals surface area (Å²) in [6.45, 7) is 1.58. The van der Waals surface area contributed by atoms with Gasteiger partial charge in [0.05, 0.1) is 4.34 Å². The summed E-state index contributed by atoms with van der Waals surface area (Å²) >= 11 is 13.7. The zero-order valence-electron chi connectivity index (χ0n) is 10.7. The average molecular weight is 326 g/mol. The molecule has 0 saturated carbocycles. The molecule has 1 aromatic carbocycles. The Kier molecular flexibility index (Phi) is 4.32. The highest BCUT2D eigenvalue weighted by Gasteiger charge is 2.11. The zero-order valence-corrected chi connectivity index (χ0v) is 13.0. The van der Waals surface area contributed by atoms with Crippen LogP contribution in [0, 0.1) is 0 Å². The number of halogens is 2. The zero-order chi connectivity index (χ0) is 13.9. The van der Waals surface area contributed by atoms with Crippen molar-refractivity contribution in [3.05, 3.63) is 56.4 Å². The molecular weight excluding hydrogens is 313 g/mol. The Labute approximate surface area is 131 Å². The van der Waals surface area contributed by atoms with Gasteiger partial charge in [0.25, 0.3) is 0 Å². The lowest BCUT2D eigenvalue weighted by atomic mass is 10.2. The molecule has 20 heavy (non-hydrogen) atoms. The van der Waals surface area contributed by atoms with Gasteiger partial charge in [-0.2, -0.15) is 0 Å². The van der Waals surface area contributed by atoms with Gasteiger partial charge in [-0.1, -0.05) is 29.8 Å². The first-order valence-corrected chi connectivity index (χ1v) is 7.92. The van der Waals surface area contributed by atoms with Gasteiger partial charge in [-0.25, -0.2) is 0 Å². The summed E-state index contributed by atoms with van der Waals surface area (Å²) in [6, 6.07) is 11.9. The van der Waals surface area contributed by atoms with Crippen molar-refractivity contribution >= 4 is 45.5 Å². The molecule has 0 amide bonds. The molecule has 2 nitrogen and oxygen atoms in total. The maximum atomic E-state index is 6.14. The molecule has 2 aromatic heterocycles. The number of furan rings is 1. The van der Waals surface area contributed by atoms with Gasteiger partial charge in [-0.15, -0.1) is 11.3 Å². The molecule has 0 fully saturated rings. The number of nitrogens with one attached hydrogen (secondary N) is 1. The molecule has 0 aliphatic carbocycles. The number of rotatable bonds is 5. The van der Waals surface area contributed by atoms with E-state index in [2.05, 4.69) is 11.4 Å². The highest BCUT2D eigenvalue weighted by atomic mass is 35.5. The van der Waals surface area contributed by atoms with E-state index in [9.17, 15) is 0 Å². The second-order valence-electron chi connectivity index (χ2n) is 4.48. The normalized spacial score (nSPS) is 11.3. The SMILES string of the molecule is Clc1ccc(CCNCc2c(Cl)oc3ccccc23)s1. The number of benzene rings is 1. The molecular formula is C15H13Cl2NOS. The Hall–Kier alpha value is -1.00. The molecule has 5 heteroatoms. The van der Waals surface area contributed by atoms with Gasteiger partial charge in [0, 0.05) is 28.9 Å². The molecule has 0 bridgehead atoms. The standard InChI is InChI=1S/C15H13Cl2NOS/c16-14-6-5-10(20-14)7-8-18-9-12-11-3-1-2-4-13(11)19-15(12)17/h1-6,18H,7-9H2. The fourth-order valence-electron chi connectivity index (χ4n) is 2.14. The van der Waals surface area contributed by atoms with Gasteiger partial charge in [-0.05, 0) is 36.2 Å². The summed E-state index contributed by atoms with van der Waals surface area (Å²) in [7, 11) is 0. The van der Waals surface area contributed by atoms with Crippen LogP contribution in [0.2, 0.25) is 9.56 Å². The Balaban J connectivity index is 1.61. The summed E-state index contributed by atoms with van der Waals surface area (Å²) in [5.41, 5.74) is 1.85. The average Bonchev–Trinajstić information content (AvgIpc) is 2.98. The molecule has 0 atom stereocenters. The third kappa shape index (κ3) is 3.01. The van der Waals surface area contributed by atoms with Crippen LogP contribution in [0.25, 0.3) is 11.0 Å². The fraction of sp³-hybridized carbons (Fsp3) is 0.200. The molecule has 104 valence electrons. The first-order chi connectivity index (χ1) is 9.74. The third-order valence-electron chi connectivity index (χ3n) is 3.13. The van der Waals surface area contributed by atoms with Gasteiger partial charge >= 0.3 is 0 Å². The van der Waals surface area contributed by atoms with Crippen LogP contribution in [0.15, 0.2) is 40.8 Å². The van der Waals surface area contributed by atoms with Crippen molar-refractivity contribution in [1.82, 2.24) is 5.32 Å². The van der Waals surface area contributed by atoms with Crippen molar-refractivity contribution in [2.75, 3.05) is 6.54 Å². The van der Waals surface area contributed by atoms with E-state index in [1.807, 2.05) is 30.3 Å². The molecule has 0 aliphatic heterocycles. The van der Waals surface area contributed by atoms with Crippen molar-refractivity contribution in [3.63, 3.8) is 0 Å². The summed E-state index contributed by atoms with van der Waals surface area (Å²) in [6.07, 6.45) is 0.963. The van der Waals surface area contributed by atoms with Crippen LogP contribution < -0.4 is 5.32 Å². The summed E-state index contributed by atoms with van der Waals surface area (Å²) in [5.74, 6) is 0. The summed E-state index contributed by atoms with van der Waals surface area (Å²) in [5, 5.41) is 4.94. The maximum absolute atomic E-state index is 6.14. The fourth-order valence-corrected chi connectivity index (χ4v) is 3.48. The van der Waals surface area contributed by atoms with E-state index in [-0.39, 0.29) is 0 Å². The summed E-state index contributed by atoms with van der Waals surface area (Å²) < 4.78 is 6.36. The van der Waals surface area contributed by atoms with E-state index in [1.165, 1.54) is 4.88 Å². The van der Waals surface area contributed by atoms with Gasteiger partial charge in [0.15, 0.2) is 5.22 Å². The first-order valence-electron chi connectivity index (χ1n) is 6.35. The smallest absolute Gasteiger partial charge is 0.199 e. The Morgan fingerprint density at radius 1 is 1.10 bits per heavy atom. The topological polar surface area (TPSA) is 25.2 Å². The molecule has 0 aliphatic rings. The number of hydrogen-bond acceptors (Lipinski definition) is 3. The number of hydrogen-bond donors (Lipinski definition) is 1. The van der Waals surface area contributed by atoms with E-state index < -0.39 is 0 Å². The van der Waals surface area contributed by atoms with Crippen molar-refractivity contribution in [1.29, 1.82) is 0 Å². The predicted molar refractivity (Wildman–Crippen MR) is 86.0 cm³/mol. The Morgan fingerprint density at radius 3 is 2.75 bits per heavy atom. The maximum Gasteiger partial charge on any atom is 0.199 e. The Morgan fingerprint density at radius 2 is 1.95 bits per heavy atom. The van der Waals surface area contributed by atoms with Crippen molar-refractivity contribution in [2.45, 2.75) is 13.0 Å². The minimum Gasteiger partial charge on any atom is -0.444 e. The van der Waals surface area contributed by atoms with E-state index >= 15 is 0 Å². The lowest BCUT2D eigenvalue weighted by Gasteiger charge is -2.02. The van der Waals surface area contributed by atoms with Gasteiger partial charge < -0.3 is 9.73 Å². The van der Waals surface area contributed by atoms with Crippen LogP contribution in [0.4, 0.5) is 0 Å². The summed E-state index contributed by atoms with van der Waals surface area (Å²) in [4.78, 5) is 1.28. The minimum atomic E-state index is 0.470. The lowest BCUT2D eigenvalue weighted by molar-refractivity contribution is 0.604. The molecule has 0 spiro atoms. The monoisotopic (exact) mass is 325 g/mol. The Bertz CT molecular complexity index is 720. The van der Waals surface area contributed by atoms with Crippen LogP contribution in [-0.2, 0) is 13.0 Å². The van der Waals surface area contributed by atoms with E-state index in [4.69, 9.17) is 27.6 Å². The van der Waals surface area contributed by atoms with Crippen LogP contribution in [0.1, 0.15) is 10.4 Å². The van der Waals surface area contributed by atoms with Crippen molar-refractivity contribution in [2.24, 2.45) is 0 Å². The molecule has 0 radical (unpaired) electrons. The van der Waals surface area contributed by atoms with Crippen LogP contribution in [0.3, 0.4) is 0 Å². The highest BCUT2D eigenvalue weighted by Crippen LogP contribution is 2.29. The van der Waals surface area contributed by atoms with Crippen LogP contribution >= 0.6 is 34.5 Å². The van der Waals surface area contributed by atoms with E-state index in [0.29, 0.717) is 11.8 Å². The molecule has 3 aromatic rings. The molecule has 0 unspecified atom stereocenters. The van der Waals surface area contributed by atoms with Crippen LogP contribution in [0.5, 0.6) is 0 Å². The number of fused-ring (bicyclic) bond motifs is 1. The molecule has 1 N–H and O–H groups in total. The number of para-hydroxylation sites is 1. The second-order valence-corrected chi connectivity index (χ2v) is 6.63. The van der Waals surface area contributed by atoms with E-state index in [0.717, 1.165) is 33.8 Å². The van der Waals surface area contributed by atoms with Crippen LogP contribution in [-0.4, -0.2) is 6.54 Å². The quantitative estimate of drug-likeness (QED) is 0.657. The highest BCUT2D eigenvalue weighted by molar-refractivity contribution is 7.16.